The minimum absolute atomic E-state index is 0.0692. The van der Waals surface area contributed by atoms with Crippen molar-refractivity contribution in [2.24, 2.45) is 0 Å². The highest BCUT2D eigenvalue weighted by Crippen LogP contribution is 2.27. The summed E-state index contributed by atoms with van der Waals surface area (Å²) in [7, 11) is -3.93. The van der Waals surface area contributed by atoms with Crippen molar-refractivity contribution >= 4 is 27.5 Å². The second-order valence-electron chi connectivity index (χ2n) is 7.37. The molecule has 1 N–H and O–H groups in total. The number of aromatic nitrogens is 1. The smallest absolute Gasteiger partial charge is 0.244 e. The summed E-state index contributed by atoms with van der Waals surface area (Å²) >= 11 is 5.94. The van der Waals surface area contributed by atoms with Crippen molar-refractivity contribution in [1.82, 2.24) is 14.6 Å². The molecule has 0 radical (unpaired) electrons. The van der Waals surface area contributed by atoms with Gasteiger partial charge in [-0.25, -0.2) is 13.4 Å². The molecule has 2 aromatic carbocycles. The molecule has 0 spiro atoms. The Kier molecular flexibility index (Phi) is 6.41. The number of carbonyl (C=O) groups is 1. The van der Waals surface area contributed by atoms with Gasteiger partial charge < -0.3 is 9.73 Å². The van der Waals surface area contributed by atoms with Crippen LogP contribution in [0.2, 0.25) is 5.02 Å². The van der Waals surface area contributed by atoms with Crippen molar-refractivity contribution in [2.75, 3.05) is 6.54 Å². The van der Waals surface area contributed by atoms with E-state index in [1.807, 2.05) is 24.3 Å². The fourth-order valence-corrected chi connectivity index (χ4v) is 5.35. The molecule has 1 aliphatic rings. The molecule has 1 fully saturated rings. The summed E-state index contributed by atoms with van der Waals surface area (Å²) in [5.74, 6) is 0.355. The van der Waals surface area contributed by atoms with Crippen LogP contribution < -0.4 is 5.32 Å². The van der Waals surface area contributed by atoms with E-state index in [0.717, 1.165) is 24.0 Å². The molecule has 1 aromatic heterocycles. The van der Waals surface area contributed by atoms with Crippen LogP contribution in [0.4, 0.5) is 0 Å². The van der Waals surface area contributed by atoms with Crippen LogP contribution >= 0.6 is 11.6 Å². The maximum atomic E-state index is 13.5. The van der Waals surface area contributed by atoms with Gasteiger partial charge in [0.05, 0.1) is 11.1 Å². The highest BCUT2D eigenvalue weighted by atomic mass is 35.5. The quantitative estimate of drug-likeness (QED) is 0.604. The molecule has 1 saturated heterocycles. The molecule has 0 bridgehead atoms. The first-order valence-electron chi connectivity index (χ1n) is 9.98. The Morgan fingerprint density at radius 1 is 1.10 bits per heavy atom. The van der Waals surface area contributed by atoms with E-state index in [4.69, 9.17) is 16.0 Å². The highest BCUT2D eigenvalue weighted by Gasteiger charge is 2.36. The van der Waals surface area contributed by atoms with E-state index in [0.29, 0.717) is 23.7 Å². The summed E-state index contributed by atoms with van der Waals surface area (Å²) in [5.41, 5.74) is 1.60. The topological polar surface area (TPSA) is 92.5 Å². The number of benzene rings is 2. The molecular formula is C22H22ClN3O4S. The van der Waals surface area contributed by atoms with E-state index in [9.17, 15) is 13.2 Å². The standard InChI is InChI=1S/C22H22ClN3O4S/c23-18-8-10-19(11-9-18)31(28,29)26(20-3-1-2-12-25-22(20)27)14-16-4-6-17(7-5-16)21-13-24-15-30-21/h4-11,13,15,20H,1-3,12,14H2,(H,25,27). The summed E-state index contributed by atoms with van der Waals surface area (Å²) in [6.45, 7) is 0.621. The Hall–Kier alpha value is -2.68. The first-order chi connectivity index (χ1) is 14.9. The zero-order valence-electron chi connectivity index (χ0n) is 16.7. The van der Waals surface area contributed by atoms with Crippen LogP contribution in [-0.4, -0.2) is 36.2 Å². The molecular weight excluding hydrogens is 438 g/mol. The van der Waals surface area contributed by atoms with Gasteiger partial charge >= 0.3 is 0 Å². The van der Waals surface area contributed by atoms with Gasteiger partial charge in [-0.2, -0.15) is 4.31 Å². The van der Waals surface area contributed by atoms with E-state index >= 15 is 0 Å². The number of nitrogens with one attached hydrogen (secondary N) is 1. The van der Waals surface area contributed by atoms with Crippen LogP contribution in [-0.2, 0) is 21.4 Å². The molecule has 31 heavy (non-hydrogen) atoms. The van der Waals surface area contributed by atoms with Gasteiger partial charge in [-0.15, -0.1) is 0 Å². The number of hydrogen-bond acceptors (Lipinski definition) is 5. The largest absolute Gasteiger partial charge is 0.444 e. The lowest BCUT2D eigenvalue weighted by Crippen LogP contribution is -2.48. The van der Waals surface area contributed by atoms with Crippen molar-refractivity contribution in [1.29, 1.82) is 0 Å². The molecule has 9 heteroatoms. The second kappa shape index (κ2) is 9.21. The number of nitrogens with zero attached hydrogens (tertiary/aromatic N) is 2. The minimum atomic E-state index is -3.93. The van der Waals surface area contributed by atoms with E-state index in [1.54, 1.807) is 6.20 Å². The van der Waals surface area contributed by atoms with Crippen LogP contribution in [0.15, 0.2) is 70.4 Å². The summed E-state index contributed by atoms with van der Waals surface area (Å²) < 4.78 is 33.7. The maximum absolute atomic E-state index is 13.5. The lowest BCUT2D eigenvalue weighted by molar-refractivity contribution is -0.124. The first-order valence-corrected chi connectivity index (χ1v) is 11.8. The second-order valence-corrected chi connectivity index (χ2v) is 9.70. The predicted octanol–water partition coefficient (Wildman–Crippen LogP) is 3.85. The number of oxazole rings is 1. The number of hydrogen-bond donors (Lipinski definition) is 1. The first kappa shape index (κ1) is 21.5. The van der Waals surface area contributed by atoms with Gasteiger partial charge in [0, 0.05) is 23.7 Å². The van der Waals surface area contributed by atoms with E-state index < -0.39 is 16.1 Å². The predicted molar refractivity (Wildman–Crippen MR) is 117 cm³/mol. The maximum Gasteiger partial charge on any atom is 0.244 e. The Labute approximate surface area is 186 Å². The fourth-order valence-electron chi connectivity index (χ4n) is 3.62. The molecule has 0 aliphatic carbocycles. The molecule has 0 saturated carbocycles. The summed E-state index contributed by atoms with van der Waals surface area (Å²) in [6.07, 6.45) is 5.02. The Bertz CT molecular complexity index is 1130. The normalized spacial score (nSPS) is 17.4. The monoisotopic (exact) mass is 459 g/mol. The van der Waals surface area contributed by atoms with Crippen molar-refractivity contribution in [3.8, 4) is 11.3 Å². The molecule has 1 unspecified atom stereocenters. The number of sulfonamides is 1. The molecule has 1 amide bonds. The number of carbonyl (C=O) groups excluding carboxylic acids is 1. The SMILES string of the molecule is O=C1NCCCCC1N(Cc1ccc(-c2cnco2)cc1)S(=O)(=O)c1ccc(Cl)cc1. The summed E-state index contributed by atoms with van der Waals surface area (Å²) in [6, 6.07) is 12.6. The van der Waals surface area contributed by atoms with Gasteiger partial charge in [0.2, 0.25) is 15.9 Å². The molecule has 2 heterocycles. The molecule has 1 atom stereocenters. The zero-order valence-corrected chi connectivity index (χ0v) is 18.3. The summed E-state index contributed by atoms with van der Waals surface area (Å²) in [5, 5.41) is 3.28. The van der Waals surface area contributed by atoms with E-state index in [1.165, 1.54) is 35.0 Å². The lowest BCUT2D eigenvalue weighted by Gasteiger charge is -2.29. The number of halogens is 1. The highest BCUT2D eigenvalue weighted by molar-refractivity contribution is 7.89. The molecule has 3 aromatic rings. The summed E-state index contributed by atoms with van der Waals surface area (Å²) in [4.78, 5) is 16.7. The van der Waals surface area contributed by atoms with Crippen molar-refractivity contribution in [2.45, 2.75) is 36.7 Å². The van der Waals surface area contributed by atoms with Gasteiger partial charge in [-0.3, -0.25) is 4.79 Å². The van der Waals surface area contributed by atoms with E-state index in [2.05, 4.69) is 10.3 Å². The molecule has 4 rings (SSSR count). The average molecular weight is 460 g/mol. The van der Waals surface area contributed by atoms with Gasteiger partial charge in [0.15, 0.2) is 12.2 Å². The van der Waals surface area contributed by atoms with Crippen LogP contribution in [0, 0.1) is 0 Å². The van der Waals surface area contributed by atoms with Crippen LogP contribution in [0.1, 0.15) is 24.8 Å². The van der Waals surface area contributed by atoms with Crippen molar-refractivity contribution in [3.05, 3.63) is 71.7 Å². The third-order valence-corrected chi connectivity index (χ3v) is 7.40. The van der Waals surface area contributed by atoms with Crippen molar-refractivity contribution < 1.29 is 17.6 Å². The molecule has 7 nitrogen and oxygen atoms in total. The van der Waals surface area contributed by atoms with Crippen LogP contribution in [0.25, 0.3) is 11.3 Å². The van der Waals surface area contributed by atoms with Crippen LogP contribution in [0.3, 0.4) is 0 Å². The van der Waals surface area contributed by atoms with E-state index in [-0.39, 0.29) is 17.3 Å². The Morgan fingerprint density at radius 2 is 1.84 bits per heavy atom. The molecule has 162 valence electrons. The minimum Gasteiger partial charge on any atom is -0.444 e. The Morgan fingerprint density at radius 3 is 2.52 bits per heavy atom. The fraction of sp³-hybridized carbons (Fsp3) is 0.273. The third kappa shape index (κ3) is 4.81. The zero-order chi connectivity index (χ0) is 21.8. The molecule has 1 aliphatic heterocycles. The Balaban J connectivity index is 1.68. The van der Waals surface area contributed by atoms with Crippen LogP contribution in [0.5, 0.6) is 0 Å². The lowest BCUT2D eigenvalue weighted by atomic mass is 10.1. The third-order valence-electron chi connectivity index (χ3n) is 5.28. The van der Waals surface area contributed by atoms with Gasteiger partial charge in [0.1, 0.15) is 6.04 Å². The van der Waals surface area contributed by atoms with Crippen molar-refractivity contribution in [3.63, 3.8) is 0 Å². The van der Waals surface area contributed by atoms with Gasteiger partial charge in [-0.1, -0.05) is 35.9 Å². The number of amides is 1. The average Bonchev–Trinajstić information content (AvgIpc) is 3.22. The number of rotatable bonds is 6. The van der Waals surface area contributed by atoms with Gasteiger partial charge in [-0.05, 0) is 49.1 Å². The van der Waals surface area contributed by atoms with Gasteiger partial charge in [0.25, 0.3) is 0 Å².